The van der Waals surface area contributed by atoms with Crippen LogP contribution in [0, 0.1) is 0 Å². The maximum atomic E-state index is 9.36. The number of rotatable bonds is 4. The zero-order valence-corrected chi connectivity index (χ0v) is 11.0. The molecule has 0 aliphatic heterocycles. The number of hydrogen-bond acceptors (Lipinski definition) is 4. The molecule has 4 rings (SSSR count). The largest absolute Gasteiger partial charge is 0.392 e. The number of benzene rings is 1. The van der Waals surface area contributed by atoms with Gasteiger partial charge in [-0.25, -0.2) is 0 Å². The van der Waals surface area contributed by atoms with E-state index in [1.54, 1.807) is 0 Å². The fourth-order valence-electron chi connectivity index (χ4n) is 2.55. The van der Waals surface area contributed by atoms with Gasteiger partial charge in [-0.1, -0.05) is 17.3 Å². The highest BCUT2D eigenvalue weighted by Crippen LogP contribution is 2.38. The van der Waals surface area contributed by atoms with Crippen molar-refractivity contribution < 1.29 is 9.63 Å². The minimum absolute atomic E-state index is 0.0493. The maximum Gasteiger partial charge on any atom is 0.246 e. The summed E-state index contributed by atoms with van der Waals surface area (Å²) in [4.78, 5) is 4.45. The predicted octanol–water partition coefficient (Wildman–Crippen LogP) is 2.44. The smallest absolute Gasteiger partial charge is 0.246 e. The molecule has 5 heteroatoms. The van der Waals surface area contributed by atoms with E-state index in [1.807, 2.05) is 30.5 Å². The second kappa shape index (κ2) is 4.45. The molecule has 102 valence electrons. The van der Waals surface area contributed by atoms with Gasteiger partial charge in [-0.3, -0.25) is 0 Å². The van der Waals surface area contributed by atoms with Gasteiger partial charge in [0.25, 0.3) is 0 Å². The van der Waals surface area contributed by atoms with Gasteiger partial charge in [0.2, 0.25) is 5.89 Å². The van der Waals surface area contributed by atoms with E-state index in [-0.39, 0.29) is 6.61 Å². The minimum atomic E-state index is 0.0493. The summed E-state index contributed by atoms with van der Waals surface area (Å²) in [5.74, 6) is 1.99. The summed E-state index contributed by atoms with van der Waals surface area (Å²) in [6.45, 7) is 0.617. The molecular formula is C15H15N3O2. The van der Waals surface area contributed by atoms with Gasteiger partial charge in [0.1, 0.15) is 6.54 Å². The molecule has 1 aliphatic carbocycles. The highest BCUT2D eigenvalue weighted by molar-refractivity contribution is 5.83. The molecule has 1 saturated carbocycles. The Labute approximate surface area is 115 Å². The quantitative estimate of drug-likeness (QED) is 0.790. The summed E-state index contributed by atoms with van der Waals surface area (Å²) in [6, 6.07) is 7.93. The van der Waals surface area contributed by atoms with E-state index in [0.717, 1.165) is 22.3 Å². The number of aliphatic hydroxyl groups is 1. The zero-order valence-electron chi connectivity index (χ0n) is 11.0. The molecule has 1 fully saturated rings. The fourth-order valence-corrected chi connectivity index (χ4v) is 2.55. The highest BCUT2D eigenvalue weighted by atomic mass is 16.5. The molecule has 3 aromatic rings. The molecule has 5 nitrogen and oxygen atoms in total. The molecule has 20 heavy (non-hydrogen) atoms. The molecular weight excluding hydrogens is 254 g/mol. The van der Waals surface area contributed by atoms with Crippen LogP contribution in [-0.2, 0) is 13.2 Å². The van der Waals surface area contributed by atoms with Crippen LogP contribution in [0.15, 0.2) is 35.0 Å². The lowest BCUT2D eigenvalue weighted by Gasteiger charge is -2.03. The molecule has 0 saturated heterocycles. The fraction of sp³-hybridized carbons (Fsp3) is 0.333. The number of aliphatic hydroxyl groups excluding tert-OH is 1. The maximum absolute atomic E-state index is 9.36. The van der Waals surface area contributed by atoms with Crippen molar-refractivity contribution in [3.8, 4) is 0 Å². The molecule has 0 spiro atoms. The molecule has 1 aliphatic rings. The average molecular weight is 269 g/mol. The van der Waals surface area contributed by atoms with Gasteiger partial charge in [-0.2, -0.15) is 4.98 Å². The monoisotopic (exact) mass is 269 g/mol. The normalized spacial score (nSPS) is 15.1. The van der Waals surface area contributed by atoms with Crippen LogP contribution < -0.4 is 0 Å². The van der Waals surface area contributed by atoms with E-state index >= 15 is 0 Å². The van der Waals surface area contributed by atoms with Crippen LogP contribution in [0.5, 0.6) is 0 Å². The van der Waals surface area contributed by atoms with Crippen LogP contribution in [0.1, 0.15) is 36.0 Å². The second-order valence-corrected chi connectivity index (χ2v) is 5.27. The Morgan fingerprint density at radius 1 is 1.30 bits per heavy atom. The standard InChI is InChI=1S/C15H15N3O2/c19-9-11-2-1-3-13-12(11)6-7-18(13)8-14-16-15(17-20-14)10-4-5-10/h1-3,6-7,10,19H,4-5,8-9H2. The van der Waals surface area contributed by atoms with Crippen molar-refractivity contribution >= 4 is 10.9 Å². The lowest BCUT2D eigenvalue weighted by molar-refractivity contribution is 0.283. The van der Waals surface area contributed by atoms with Gasteiger partial charge >= 0.3 is 0 Å². The number of aromatic nitrogens is 3. The lowest BCUT2D eigenvalue weighted by atomic mass is 10.1. The van der Waals surface area contributed by atoms with Crippen molar-refractivity contribution in [1.29, 1.82) is 0 Å². The number of hydrogen-bond donors (Lipinski definition) is 1. The van der Waals surface area contributed by atoms with Crippen LogP contribution in [-0.4, -0.2) is 19.8 Å². The van der Waals surface area contributed by atoms with Gasteiger partial charge < -0.3 is 14.2 Å². The van der Waals surface area contributed by atoms with Crippen molar-refractivity contribution in [2.24, 2.45) is 0 Å². The van der Waals surface area contributed by atoms with Crippen molar-refractivity contribution in [1.82, 2.24) is 14.7 Å². The van der Waals surface area contributed by atoms with E-state index < -0.39 is 0 Å². The summed E-state index contributed by atoms with van der Waals surface area (Å²) >= 11 is 0. The van der Waals surface area contributed by atoms with E-state index in [0.29, 0.717) is 18.4 Å². The molecule has 1 aromatic carbocycles. The van der Waals surface area contributed by atoms with Crippen molar-refractivity contribution in [2.45, 2.75) is 31.9 Å². The molecule has 2 heterocycles. The lowest BCUT2D eigenvalue weighted by Crippen LogP contribution is -1.98. The topological polar surface area (TPSA) is 64.1 Å². The third-order valence-electron chi connectivity index (χ3n) is 3.81. The van der Waals surface area contributed by atoms with Gasteiger partial charge in [-0.15, -0.1) is 0 Å². The van der Waals surface area contributed by atoms with Crippen LogP contribution in [0.4, 0.5) is 0 Å². The summed E-state index contributed by atoms with van der Waals surface area (Å²) in [7, 11) is 0. The Hall–Kier alpha value is -2.14. The Morgan fingerprint density at radius 3 is 3.00 bits per heavy atom. The first-order valence-electron chi connectivity index (χ1n) is 6.85. The van der Waals surface area contributed by atoms with Gasteiger partial charge in [0.05, 0.1) is 6.61 Å². The second-order valence-electron chi connectivity index (χ2n) is 5.27. The first-order valence-corrected chi connectivity index (χ1v) is 6.85. The van der Waals surface area contributed by atoms with Crippen molar-refractivity contribution in [3.63, 3.8) is 0 Å². The number of fused-ring (bicyclic) bond motifs is 1. The van der Waals surface area contributed by atoms with Crippen LogP contribution in [0.2, 0.25) is 0 Å². The Morgan fingerprint density at radius 2 is 2.20 bits per heavy atom. The van der Waals surface area contributed by atoms with Gasteiger partial charge in [0, 0.05) is 23.0 Å². The molecule has 0 atom stereocenters. The molecule has 1 N–H and O–H groups in total. The summed E-state index contributed by atoms with van der Waals surface area (Å²) in [5, 5.41) is 14.5. The zero-order chi connectivity index (χ0) is 13.5. The molecule has 2 aromatic heterocycles. The average Bonchev–Trinajstić information content (AvgIpc) is 3.09. The van der Waals surface area contributed by atoms with E-state index in [1.165, 1.54) is 12.8 Å². The molecule has 0 bridgehead atoms. The predicted molar refractivity (Wildman–Crippen MR) is 73.2 cm³/mol. The Kier molecular flexibility index (Phi) is 2.60. The highest BCUT2D eigenvalue weighted by Gasteiger charge is 2.28. The van der Waals surface area contributed by atoms with Crippen LogP contribution in [0.25, 0.3) is 10.9 Å². The third-order valence-corrected chi connectivity index (χ3v) is 3.81. The molecule has 0 amide bonds. The van der Waals surface area contributed by atoms with Gasteiger partial charge in [0.15, 0.2) is 5.82 Å². The molecule has 0 unspecified atom stereocenters. The summed E-state index contributed by atoms with van der Waals surface area (Å²) in [5.41, 5.74) is 2.01. The third kappa shape index (κ3) is 1.91. The Bertz CT molecular complexity index is 755. The Balaban J connectivity index is 1.67. The number of nitrogens with zero attached hydrogens (tertiary/aromatic N) is 3. The first-order chi connectivity index (χ1) is 9.85. The van der Waals surface area contributed by atoms with Gasteiger partial charge in [-0.05, 0) is 30.5 Å². The van der Waals surface area contributed by atoms with Crippen molar-refractivity contribution in [2.75, 3.05) is 0 Å². The van der Waals surface area contributed by atoms with E-state index in [2.05, 4.69) is 14.7 Å². The summed E-state index contributed by atoms with van der Waals surface area (Å²) < 4.78 is 7.38. The van der Waals surface area contributed by atoms with Crippen LogP contribution >= 0.6 is 0 Å². The SMILES string of the molecule is OCc1cccc2c1ccn2Cc1nc(C2CC2)no1. The van der Waals surface area contributed by atoms with E-state index in [9.17, 15) is 5.11 Å². The van der Waals surface area contributed by atoms with Crippen LogP contribution in [0.3, 0.4) is 0 Å². The molecule has 0 radical (unpaired) electrons. The summed E-state index contributed by atoms with van der Waals surface area (Å²) in [6.07, 6.45) is 4.33. The van der Waals surface area contributed by atoms with Crippen molar-refractivity contribution in [3.05, 3.63) is 47.7 Å². The minimum Gasteiger partial charge on any atom is -0.392 e. The first kappa shape index (κ1) is 11.7. The van der Waals surface area contributed by atoms with E-state index in [4.69, 9.17) is 4.52 Å².